The second-order valence-electron chi connectivity index (χ2n) is 7.77. The van der Waals surface area contributed by atoms with E-state index in [0.717, 1.165) is 16.7 Å². The zero-order valence-electron chi connectivity index (χ0n) is 17.7. The molecule has 4 nitrogen and oxygen atoms in total. The summed E-state index contributed by atoms with van der Waals surface area (Å²) in [4.78, 5) is 0. The summed E-state index contributed by atoms with van der Waals surface area (Å²) in [7, 11) is 0. The molecule has 0 aromatic heterocycles. The molecule has 1 atom stereocenters. The van der Waals surface area contributed by atoms with E-state index in [9.17, 15) is 17.6 Å². The highest BCUT2D eigenvalue weighted by Gasteiger charge is 2.37. The molecule has 4 rings (SSSR count). The molecule has 0 fully saturated rings. The standard InChI is InChI=1S/C25H22F4N2O2/c1-15-10-19(8-9-21(15)33-24(28)29)25(13-22(30)31-14-25)18-6-2-4-16(11-18)17-5-3-7-20(12-17)32-23(26)27/h2-13,23-24,31H,14,30H2,1H3. The lowest BCUT2D eigenvalue weighted by atomic mass is 9.74. The van der Waals surface area contributed by atoms with Crippen LogP contribution in [0.1, 0.15) is 16.7 Å². The lowest BCUT2D eigenvalue weighted by Gasteiger charge is -2.29. The molecule has 0 aliphatic carbocycles. The quantitative estimate of drug-likeness (QED) is 0.456. The first-order chi connectivity index (χ1) is 15.8. The third-order valence-electron chi connectivity index (χ3n) is 5.65. The highest BCUT2D eigenvalue weighted by molar-refractivity contribution is 5.67. The molecule has 172 valence electrons. The van der Waals surface area contributed by atoms with E-state index in [2.05, 4.69) is 14.8 Å². The predicted molar refractivity (Wildman–Crippen MR) is 117 cm³/mol. The van der Waals surface area contributed by atoms with Gasteiger partial charge < -0.3 is 20.5 Å². The number of alkyl halides is 4. The predicted octanol–water partition coefficient (Wildman–Crippen LogP) is 5.55. The molecular formula is C25H22F4N2O2. The van der Waals surface area contributed by atoms with E-state index in [1.165, 1.54) is 12.1 Å². The first-order valence-electron chi connectivity index (χ1n) is 10.2. The van der Waals surface area contributed by atoms with Gasteiger partial charge >= 0.3 is 13.2 Å². The second-order valence-corrected chi connectivity index (χ2v) is 7.77. The lowest BCUT2D eigenvalue weighted by molar-refractivity contribution is -0.0507. The number of benzene rings is 3. The van der Waals surface area contributed by atoms with Gasteiger partial charge in [-0.2, -0.15) is 17.6 Å². The SMILES string of the molecule is Cc1cc(C2(c3cccc(-c4cccc(OC(F)F)c4)c3)C=C(N)NC2)ccc1OC(F)F. The summed E-state index contributed by atoms with van der Waals surface area (Å²) in [6, 6.07) is 19.2. The summed E-state index contributed by atoms with van der Waals surface area (Å²) in [6.07, 6.45) is 1.89. The van der Waals surface area contributed by atoms with Crippen LogP contribution in [0.25, 0.3) is 11.1 Å². The van der Waals surface area contributed by atoms with Crippen molar-refractivity contribution in [3.8, 4) is 22.6 Å². The van der Waals surface area contributed by atoms with Gasteiger partial charge in [-0.25, -0.2) is 0 Å². The van der Waals surface area contributed by atoms with Crippen molar-refractivity contribution in [1.82, 2.24) is 5.32 Å². The molecule has 0 spiro atoms. The fourth-order valence-corrected chi connectivity index (χ4v) is 4.13. The van der Waals surface area contributed by atoms with Crippen LogP contribution in [-0.4, -0.2) is 19.8 Å². The Kier molecular flexibility index (Phi) is 6.18. The highest BCUT2D eigenvalue weighted by atomic mass is 19.3. The lowest BCUT2D eigenvalue weighted by Crippen LogP contribution is -2.31. The van der Waals surface area contributed by atoms with Crippen molar-refractivity contribution < 1.29 is 27.0 Å². The van der Waals surface area contributed by atoms with Gasteiger partial charge in [0.1, 0.15) is 11.5 Å². The Morgan fingerprint density at radius 3 is 2.15 bits per heavy atom. The van der Waals surface area contributed by atoms with E-state index >= 15 is 0 Å². The molecule has 3 aromatic rings. The van der Waals surface area contributed by atoms with Crippen LogP contribution in [0.5, 0.6) is 11.5 Å². The number of ether oxygens (including phenoxy) is 2. The van der Waals surface area contributed by atoms with Gasteiger partial charge in [0.25, 0.3) is 0 Å². The molecule has 0 amide bonds. The number of halogens is 4. The van der Waals surface area contributed by atoms with Gasteiger partial charge in [0, 0.05) is 6.54 Å². The molecule has 1 heterocycles. The molecule has 0 radical (unpaired) electrons. The van der Waals surface area contributed by atoms with Gasteiger partial charge in [-0.3, -0.25) is 0 Å². The number of hydrogen-bond acceptors (Lipinski definition) is 4. The summed E-state index contributed by atoms with van der Waals surface area (Å²) in [5, 5.41) is 3.15. The largest absolute Gasteiger partial charge is 0.435 e. The van der Waals surface area contributed by atoms with Gasteiger partial charge in [0.2, 0.25) is 0 Å². The molecule has 1 unspecified atom stereocenters. The van der Waals surface area contributed by atoms with Gasteiger partial charge in [0.05, 0.1) is 11.2 Å². The van der Waals surface area contributed by atoms with Crippen LogP contribution < -0.4 is 20.5 Å². The summed E-state index contributed by atoms with van der Waals surface area (Å²) in [5.41, 5.74) is 9.25. The van der Waals surface area contributed by atoms with Crippen molar-refractivity contribution >= 4 is 0 Å². The third-order valence-corrected chi connectivity index (χ3v) is 5.65. The van der Waals surface area contributed by atoms with Crippen molar-refractivity contribution in [2.75, 3.05) is 6.54 Å². The molecule has 1 aliphatic rings. The van der Waals surface area contributed by atoms with Crippen molar-refractivity contribution in [3.05, 3.63) is 95.3 Å². The zero-order chi connectivity index (χ0) is 23.6. The number of nitrogens with two attached hydrogens (primary N) is 1. The van der Waals surface area contributed by atoms with Crippen molar-refractivity contribution in [2.24, 2.45) is 5.73 Å². The van der Waals surface area contributed by atoms with Gasteiger partial charge in [-0.05, 0) is 65.1 Å². The average molecular weight is 458 g/mol. The number of rotatable bonds is 7. The van der Waals surface area contributed by atoms with E-state index in [4.69, 9.17) is 5.73 Å². The Labute approximate surface area is 188 Å². The van der Waals surface area contributed by atoms with E-state index in [0.29, 0.717) is 23.5 Å². The Morgan fingerprint density at radius 2 is 1.52 bits per heavy atom. The van der Waals surface area contributed by atoms with Crippen LogP contribution in [0.15, 0.2) is 78.6 Å². The topological polar surface area (TPSA) is 56.5 Å². The normalized spacial score (nSPS) is 17.7. The van der Waals surface area contributed by atoms with Crippen LogP contribution >= 0.6 is 0 Å². The van der Waals surface area contributed by atoms with Gasteiger partial charge in [0.15, 0.2) is 0 Å². The summed E-state index contributed by atoms with van der Waals surface area (Å²) in [5.74, 6) is 0.675. The van der Waals surface area contributed by atoms with E-state index in [-0.39, 0.29) is 11.5 Å². The van der Waals surface area contributed by atoms with E-state index in [1.807, 2.05) is 36.4 Å². The number of aryl methyl sites for hydroxylation is 1. The maximum atomic E-state index is 12.7. The maximum absolute atomic E-state index is 12.7. The molecule has 0 saturated carbocycles. The van der Waals surface area contributed by atoms with E-state index < -0.39 is 18.6 Å². The molecule has 0 saturated heterocycles. The Hall–Kier alpha value is -3.68. The van der Waals surface area contributed by atoms with Gasteiger partial charge in [-0.1, -0.05) is 42.5 Å². The zero-order valence-corrected chi connectivity index (χ0v) is 17.7. The first kappa shape index (κ1) is 22.5. The maximum Gasteiger partial charge on any atom is 0.387 e. The molecule has 3 aromatic carbocycles. The van der Waals surface area contributed by atoms with E-state index in [1.54, 1.807) is 31.2 Å². The van der Waals surface area contributed by atoms with Crippen LogP contribution in [0.4, 0.5) is 17.6 Å². The van der Waals surface area contributed by atoms with Crippen molar-refractivity contribution in [1.29, 1.82) is 0 Å². The number of nitrogens with one attached hydrogen (secondary N) is 1. The minimum atomic E-state index is -2.91. The summed E-state index contributed by atoms with van der Waals surface area (Å²) in [6.45, 7) is -3.65. The van der Waals surface area contributed by atoms with Crippen LogP contribution in [0.2, 0.25) is 0 Å². The van der Waals surface area contributed by atoms with Gasteiger partial charge in [-0.15, -0.1) is 0 Å². The van der Waals surface area contributed by atoms with Crippen LogP contribution in [0, 0.1) is 6.92 Å². The smallest absolute Gasteiger partial charge is 0.387 e. The van der Waals surface area contributed by atoms with Crippen molar-refractivity contribution in [3.63, 3.8) is 0 Å². The molecule has 3 N–H and O–H groups in total. The molecule has 33 heavy (non-hydrogen) atoms. The second kappa shape index (κ2) is 9.05. The molecule has 1 aliphatic heterocycles. The monoisotopic (exact) mass is 458 g/mol. The molecule has 0 bridgehead atoms. The Morgan fingerprint density at radius 1 is 0.848 bits per heavy atom. The highest BCUT2D eigenvalue weighted by Crippen LogP contribution is 2.40. The fourth-order valence-electron chi connectivity index (χ4n) is 4.13. The number of hydrogen-bond donors (Lipinski definition) is 2. The minimum absolute atomic E-state index is 0.0690. The fraction of sp³-hybridized carbons (Fsp3) is 0.200. The average Bonchev–Trinajstić information content (AvgIpc) is 3.17. The van der Waals surface area contributed by atoms with Crippen molar-refractivity contribution in [2.45, 2.75) is 25.6 Å². The van der Waals surface area contributed by atoms with Crippen LogP contribution in [0.3, 0.4) is 0 Å². The van der Waals surface area contributed by atoms with Crippen LogP contribution in [-0.2, 0) is 5.41 Å². The summed E-state index contributed by atoms with van der Waals surface area (Å²) >= 11 is 0. The molecular weight excluding hydrogens is 436 g/mol. The minimum Gasteiger partial charge on any atom is -0.435 e. The molecule has 8 heteroatoms. The Balaban J connectivity index is 1.77. The Bertz CT molecular complexity index is 1180. The summed E-state index contributed by atoms with van der Waals surface area (Å²) < 4.78 is 59.7. The first-order valence-corrected chi connectivity index (χ1v) is 10.2. The third kappa shape index (κ3) is 4.74.